The first-order chi connectivity index (χ1) is 10.1. The van der Waals surface area contributed by atoms with Gasteiger partial charge in [-0.05, 0) is 24.3 Å². The van der Waals surface area contributed by atoms with Crippen LogP contribution in [0.4, 0.5) is 0 Å². The van der Waals surface area contributed by atoms with Crippen LogP contribution in [0.2, 0.25) is 5.02 Å². The zero-order valence-electron chi connectivity index (χ0n) is 11.3. The first kappa shape index (κ1) is 13.8. The minimum absolute atomic E-state index is 0.0373. The molecule has 1 unspecified atom stereocenters. The standard InChI is InChI=1S/C16H15ClN2O2/c17-11-5-6-13(16(18)19)15(7-11)21-9-10-8-20-14-4-2-1-3-12(10)14/h1-7,10H,8-9H2,(H3,18,19). The van der Waals surface area contributed by atoms with E-state index in [9.17, 15) is 0 Å². The number of ether oxygens (including phenoxy) is 2. The van der Waals surface area contributed by atoms with Gasteiger partial charge in [0.25, 0.3) is 0 Å². The number of amidine groups is 1. The third kappa shape index (κ3) is 2.81. The van der Waals surface area contributed by atoms with Gasteiger partial charge in [-0.15, -0.1) is 0 Å². The van der Waals surface area contributed by atoms with Gasteiger partial charge in [-0.3, -0.25) is 5.41 Å². The van der Waals surface area contributed by atoms with Gasteiger partial charge in [-0.2, -0.15) is 0 Å². The molecule has 1 atom stereocenters. The van der Waals surface area contributed by atoms with Gasteiger partial charge in [0.1, 0.15) is 17.3 Å². The lowest BCUT2D eigenvalue weighted by Crippen LogP contribution is -2.16. The Labute approximate surface area is 127 Å². The molecule has 108 valence electrons. The van der Waals surface area contributed by atoms with Crippen LogP contribution in [0.5, 0.6) is 11.5 Å². The molecule has 0 fully saturated rings. The Morgan fingerprint density at radius 2 is 2.14 bits per heavy atom. The van der Waals surface area contributed by atoms with Crippen molar-refractivity contribution >= 4 is 17.4 Å². The van der Waals surface area contributed by atoms with Gasteiger partial charge in [0.05, 0.1) is 24.7 Å². The molecule has 0 amide bonds. The van der Waals surface area contributed by atoms with E-state index in [2.05, 4.69) is 0 Å². The normalized spacial score (nSPS) is 16.1. The van der Waals surface area contributed by atoms with Crippen molar-refractivity contribution in [1.29, 1.82) is 5.41 Å². The first-order valence-corrected chi connectivity index (χ1v) is 7.01. The van der Waals surface area contributed by atoms with E-state index in [4.69, 9.17) is 32.2 Å². The highest BCUT2D eigenvalue weighted by Gasteiger charge is 2.24. The summed E-state index contributed by atoms with van der Waals surface area (Å²) in [7, 11) is 0. The van der Waals surface area contributed by atoms with E-state index < -0.39 is 0 Å². The average molecular weight is 303 g/mol. The molecule has 0 bridgehead atoms. The zero-order valence-corrected chi connectivity index (χ0v) is 12.1. The Hall–Kier alpha value is -2.20. The van der Waals surface area contributed by atoms with Crippen LogP contribution >= 0.6 is 11.6 Å². The summed E-state index contributed by atoms with van der Waals surface area (Å²) in [6.07, 6.45) is 0. The minimum atomic E-state index is -0.0373. The number of fused-ring (bicyclic) bond motifs is 1. The van der Waals surface area contributed by atoms with Gasteiger partial charge in [-0.25, -0.2) is 0 Å². The number of benzene rings is 2. The van der Waals surface area contributed by atoms with E-state index in [1.807, 2.05) is 24.3 Å². The maximum atomic E-state index is 7.58. The van der Waals surface area contributed by atoms with Gasteiger partial charge in [0.2, 0.25) is 0 Å². The Morgan fingerprint density at radius 1 is 1.33 bits per heavy atom. The number of hydrogen-bond acceptors (Lipinski definition) is 3. The highest BCUT2D eigenvalue weighted by Crippen LogP contribution is 2.34. The van der Waals surface area contributed by atoms with Crippen molar-refractivity contribution < 1.29 is 9.47 Å². The second-order valence-corrected chi connectivity index (χ2v) is 5.35. The van der Waals surface area contributed by atoms with Crippen molar-refractivity contribution in [3.8, 4) is 11.5 Å². The first-order valence-electron chi connectivity index (χ1n) is 6.63. The summed E-state index contributed by atoms with van der Waals surface area (Å²) >= 11 is 5.98. The highest BCUT2D eigenvalue weighted by molar-refractivity contribution is 6.30. The number of rotatable bonds is 4. The van der Waals surface area contributed by atoms with Gasteiger partial charge in [0.15, 0.2) is 0 Å². The monoisotopic (exact) mass is 302 g/mol. The molecule has 3 N–H and O–H groups in total. The second-order valence-electron chi connectivity index (χ2n) is 4.91. The number of nitrogens with one attached hydrogen (secondary N) is 1. The molecular weight excluding hydrogens is 288 g/mol. The molecule has 3 rings (SSSR count). The lowest BCUT2D eigenvalue weighted by molar-refractivity contribution is 0.248. The summed E-state index contributed by atoms with van der Waals surface area (Å²) in [6, 6.07) is 13.0. The molecule has 21 heavy (non-hydrogen) atoms. The van der Waals surface area contributed by atoms with Crippen molar-refractivity contribution in [3.63, 3.8) is 0 Å². The maximum Gasteiger partial charge on any atom is 0.131 e. The van der Waals surface area contributed by atoms with Crippen LogP contribution in [0.25, 0.3) is 0 Å². The molecule has 0 saturated heterocycles. The predicted octanol–water partition coefficient (Wildman–Crippen LogP) is 3.18. The molecule has 2 aromatic rings. The fraction of sp³-hybridized carbons (Fsp3) is 0.188. The van der Waals surface area contributed by atoms with E-state index in [-0.39, 0.29) is 11.8 Å². The molecule has 0 spiro atoms. The van der Waals surface area contributed by atoms with E-state index in [1.54, 1.807) is 18.2 Å². The van der Waals surface area contributed by atoms with Crippen LogP contribution in [-0.2, 0) is 0 Å². The molecule has 2 aromatic carbocycles. The SMILES string of the molecule is N=C(N)c1ccc(Cl)cc1OCC1COc2ccccc21. The number of nitrogens with two attached hydrogens (primary N) is 1. The molecule has 1 heterocycles. The number of hydrogen-bond donors (Lipinski definition) is 2. The van der Waals surface area contributed by atoms with Crippen LogP contribution in [-0.4, -0.2) is 19.0 Å². The van der Waals surface area contributed by atoms with Gasteiger partial charge >= 0.3 is 0 Å². The Balaban J connectivity index is 1.77. The van der Waals surface area contributed by atoms with Crippen LogP contribution in [0, 0.1) is 5.41 Å². The quantitative estimate of drug-likeness (QED) is 0.673. The fourth-order valence-corrected chi connectivity index (χ4v) is 2.56. The predicted molar refractivity (Wildman–Crippen MR) is 82.6 cm³/mol. The summed E-state index contributed by atoms with van der Waals surface area (Å²) in [4.78, 5) is 0. The minimum Gasteiger partial charge on any atom is -0.493 e. The molecule has 1 aliphatic heterocycles. The van der Waals surface area contributed by atoms with Crippen LogP contribution in [0.15, 0.2) is 42.5 Å². The maximum absolute atomic E-state index is 7.58. The van der Waals surface area contributed by atoms with E-state index in [0.717, 1.165) is 11.3 Å². The molecule has 0 saturated carbocycles. The smallest absolute Gasteiger partial charge is 0.131 e. The second kappa shape index (κ2) is 5.66. The van der Waals surface area contributed by atoms with E-state index in [1.165, 1.54) is 0 Å². The van der Waals surface area contributed by atoms with Crippen LogP contribution < -0.4 is 15.2 Å². The lowest BCUT2D eigenvalue weighted by Gasteiger charge is -2.14. The Morgan fingerprint density at radius 3 is 2.95 bits per heavy atom. The highest BCUT2D eigenvalue weighted by atomic mass is 35.5. The fourth-order valence-electron chi connectivity index (χ4n) is 2.40. The molecule has 5 heteroatoms. The summed E-state index contributed by atoms with van der Waals surface area (Å²) in [5.74, 6) is 1.56. The summed E-state index contributed by atoms with van der Waals surface area (Å²) < 4.78 is 11.5. The van der Waals surface area contributed by atoms with Crippen molar-refractivity contribution in [1.82, 2.24) is 0 Å². The average Bonchev–Trinajstić information content (AvgIpc) is 2.88. The van der Waals surface area contributed by atoms with Crippen molar-refractivity contribution in [2.75, 3.05) is 13.2 Å². The largest absolute Gasteiger partial charge is 0.493 e. The van der Waals surface area contributed by atoms with Gasteiger partial charge in [-0.1, -0.05) is 29.8 Å². The van der Waals surface area contributed by atoms with Crippen LogP contribution in [0.1, 0.15) is 17.0 Å². The third-order valence-corrected chi connectivity index (χ3v) is 3.71. The Bertz CT molecular complexity index is 688. The van der Waals surface area contributed by atoms with Gasteiger partial charge in [0, 0.05) is 10.6 Å². The number of halogens is 1. The molecule has 0 aromatic heterocycles. The third-order valence-electron chi connectivity index (χ3n) is 3.47. The van der Waals surface area contributed by atoms with Crippen molar-refractivity contribution in [2.45, 2.75) is 5.92 Å². The van der Waals surface area contributed by atoms with Crippen molar-refractivity contribution in [3.05, 3.63) is 58.6 Å². The number of nitrogen functional groups attached to an aromatic ring is 1. The molecule has 4 nitrogen and oxygen atoms in total. The van der Waals surface area contributed by atoms with Crippen molar-refractivity contribution in [2.24, 2.45) is 5.73 Å². The molecule has 0 radical (unpaired) electrons. The summed E-state index contributed by atoms with van der Waals surface area (Å²) in [5.41, 5.74) is 7.25. The zero-order chi connectivity index (χ0) is 14.8. The number of para-hydroxylation sites is 1. The summed E-state index contributed by atoms with van der Waals surface area (Å²) in [5, 5.41) is 8.14. The lowest BCUT2D eigenvalue weighted by atomic mass is 10.0. The Kier molecular flexibility index (Phi) is 3.71. The van der Waals surface area contributed by atoms with Gasteiger partial charge < -0.3 is 15.2 Å². The van der Waals surface area contributed by atoms with E-state index in [0.29, 0.717) is 29.5 Å². The van der Waals surface area contributed by atoms with E-state index >= 15 is 0 Å². The topological polar surface area (TPSA) is 68.3 Å². The van der Waals surface area contributed by atoms with Crippen LogP contribution in [0.3, 0.4) is 0 Å². The molecule has 0 aliphatic carbocycles. The summed E-state index contributed by atoms with van der Waals surface area (Å²) in [6.45, 7) is 1.05. The molecule has 1 aliphatic rings. The molecular formula is C16H15ClN2O2.